The third-order valence-electron chi connectivity index (χ3n) is 4.28. The van der Waals surface area contributed by atoms with Gasteiger partial charge in [-0.15, -0.1) is 0 Å². The lowest BCUT2D eigenvalue weighted by Crippen LogP contribution is -2.38. The molecule has 2 aliphatic heterocycles. The molecular weight excluding hydrogens is 348 g/mol. The van der Waals surface area contributed by atoms with Gasteiger partial charge in [0.15, 0.2) is 0 Å². The molecule has 3 rings (SSSR count). The zero-order valence-corrected chi connectivity index (χ0v) is 14.3. The monoisotopic (exact) mass is 366 g/mol. The number of benzene rings is 1. The van der Waals surface area contributed by atoms with Crippen molar-refractivity contribution in [2.24, 2.45) is 0 Å². The maximum absolute atomic E-state index is 12.7. The summed E-state index contributed by atoms with van der Waals surface area (Å²) in [4.78, 5) is 28.4. The fourth-order valence-electron chi connectivity index (χ4n) is 3.19. The standard InChI is InChI=1S/C16H19BrN2O3/c1-3-8-18-10(2)15(20)19(16(18)21)13-7-9-22-14-11(13)5-4-6-12(14)17/h4-6,10,13H,3,7-9H2,1-2H3/t10-,13+/m0/s1. The third-order valence-corrected chi connectivity index (χ3v) is 4.91. The molecule has 22 heavy (non-hydrogen) atoms. The largest absolute Gasteiger partial charge is 0.492 e. The molecule has 0 aliphatic carbocycles. The molecule has 0 unspecified atom stereocenters. The summed E-state index contributed by atoms with van der Waals surface area (Å²) < 4.78 is 6.56. The first-order valence-electron chi connectivity index (χ1n) is 7.61. The van der Waals surface area contributed by atoms with Crippen molar-refractivity contribution >= 4 is 27.9 Å². The van der Waals surface area contributed by atoms with E-state index in [0.717, 1.165) is 22.2 Å². The van der Waals surface area contributed by atoms with E-state index in [9.17, 15) is 9.59 Å². The number of hydrogen-bond acceptors (Lipinski definition) is 3. The SMILES string of the molecule is CCCN1C(=O)N([C@@H]2CCOc3c(Br)cccc32)C(=O)[C@@H]1C. The molecule has 6 heteroatoms. The highest BCUT2D eigenvalue weighted by molar-refractivity contribution is 9.10. The van der Waals surface area contributed by atoms with E-state index in [1.165, 1.54) is 4.90 Å². The lowest BCUT2D eigenvalue weighted by Gasteiger charge is -2.32. The Balaban J connectivity index is 1.97. The molecule has 118 valence electrons. The molecule has 1 aromatic carbocycles. The Morgan fingerprint density at radius 3 is 2.86 bits per heavy atom. The molecule has 1 aromatic rings. The summed E-state index contributed by atoms with van der Waals surface area (Å²) in [5.74, 6) is 0.622. The maximum atomic E-state index is 12.7. The molecule has 0 N–H and O–H groups in total. The van der Waals surface area contributed by atoms with Crippen molar-refractivity contribution < 1.29 is 14.3 Å². The number of amides is 3. The predicted octanol–water partition coefficient (Wildman–Crippen LogP) is 3.34. The fourth-order valence-corrected chi connectivity index (χ4v) is 3.68. The minimum Gasteiger partial charge on any atom is -0.492 e. The minimum absolute atomic E-state index is 0.115. The normalized spacial score (nSPS) is 24.5. The van der Waals surface area contributed by atoms with Gasteiger partial charge in [0.25, 0.3) is 5.91 Å². The molecule has 0 aromatic heterocycles. The van der Waals surface area contributed by atoms with Crippen LogP contribution in [0.3, 0.4) is 0 Å². The zero-order chi connectivity index (χ0) is 15.9. The van der Waals surface area contributed by atoms with Crippen LogP contribution in [0.5, 0.6) is 5.75 Å². The molecule has 1 saturated heterocycles. The van der Waals surface area contributed by atoms with E-state index in [-0.39, 0.29) is 24.0 Å². The van der Waals surface area contributed by atoms with Gasteiger partial charge in [0.1, 0.15) is 11.8 Å². The van der Waals surface area contributed by atoms with Crippen LogP contribution >= 0.6 is 15.9 Å². The second-order valence-corrected chi connectivity index (χ2v) is 6.53. The fraction of sp³-hybridized carbons (Fsp3) is 0.500. The Kier molecular flexibility index (Phi) is 4.12. The number of para-hydroxylation sites is 1. The first-order valence-corrected chi connectivity index (χ1v) is 8.40. The number of ether oxygens (including phenoxy) is 1. The minimum atomic E-state index is -0.383. The lowest BCUT2D eigenvalue weighted by atomic mass is 9.99. The van der Waals surface area contributed by atoms with E-state index in [1.54, 1.807) is 11.8 Å². The summed E-state index contributed by atoms with van der Waals surface area (Å²) in [5, 5.41) is 0. The Hall–Kier alpha value is -1.56. The highest BCUT2D eigenvalue weighted by Gasteiger charge is 2.47. The highest BCUT2D eigenvalue weighted by atomic mass is 79.9. The molecule has 2 atom stereocenters. The number of halogens is 1. The van der Waals surface area contributed by atoms with E-state index >= 15 is 0 Å². The summed E-state index contributed by atoms with van der Waals surface area (Å²) in [6.07, 6.45) is 1.47. The van der Waals surface area contributed by atoms with Gasteiger partial charge in [-0.3, -0.25) is 9.69 Å². The summed E-state index contributed by atoms with van der Waals surface area (Å²) >= 11 is 3.47. The smallest absolute Gasteiger partial charge is 0.328 e. The van der Waals surface area contributed by atoms with Gasteiger partial charge >= 0.3 is 6.03 Å². The highest BCUT2D eigenvalue weighted by Crippen LogP contribution is 2.42. The van der Waals surface area contributed by atoms with Crippen LogP contribution in [0.25, 0.3) is 0 Å². The van der Waals surface area contributed by atoms with Gasteiger partial charge in [0.2, 0.25) is 0 Å². The van der Waals surface area contributed by atoms with Crippen LogP contribution in [-0.4, -0.2) is 40.9 Å². The van der Waals surface area contributed by atoms with Crippen molar-refractivity contribution in [3.63, 3.8) is 0 Å². The van der Waals surface area contributed by atoms with Gasteiger partial charge in [-0.1, -0.05) is 19.1 Å². The van der Waals surface area contributed by atoms with Crippen molar-refractivity contribution in [1.82, 2.24) is 9.80 Å². The van der Waals surface area contributed by atoms with Crippen molar-refractivity contribution in [2.45, 2.75) is 38.8 Å². The molecule has 5 nitrogen and oxygen atoms in total. The summed E-state index contributed by atoms with van der Waals surface area (Å²) in [6.45, 7) is 4.92. The zero-order valence-electron chi connectivity index (χ0n) is 12.7. The van der Waals surface area contributed by atoms with Crippen molar-refractivity contribution in [3.8, 4) is 5.75 Å². The molecular formula is C16H19BrN2O3. The quantitative estimate of drug-likeness (QED) is 0.770. The van der Waals surface area contributed by atoms with E-state index in [2.05, 4.69) is 15.9 Å². The van der Waals surface area contributed by atoms with Gasteiger partial charge in [0.05, 0.1) is 17.1 Å². The predicted molar refractivity (Wildman–Crippen MR) is 85.7 cm³/mol. The molecule has 2 heterocycles. The average molecular weight is 367 g/mol. The Labute approximate surface area is 138 Å². The van der Waals surface area contributed by atoms with E-state index in [4.69, 9.17) is 4.74 Å². The van der Waals surface area contributed by atoms with Crippen LogP contribution in [0.15, 0.2) is 22.7 Å². The number of rotatable bonds is 3. The molecule has 0 radical (unpaired) electrons. The maximum Gasteiger partial charge on any atom is 0.328 e. The summed E-state index contributed by atoms with van der Waals surface area (Å²) in [6, 6.07) is 4.93. The van der Waals surface area contributed by atoms with Crippen molar-refractivity contribution in [2.75, 3.05) is 13.2 Å². The second-order valence-electron chi connectivity index (χ2n) is 5.67. The third kappa shape index (κ3) is 2.29. The first kappa shape index (κ1) is 15.3. The first-order chi connectivity index (χ1) is 10.6. The molecule has 2 aliphatic rings. The lowest BCUT2D eigenvalue weighted by molar-refractivity contribution is -0.129. The van der Waals surface area contributed by atoms with Gasteiger partial charge in [-0.2, -0.15) is 0 Å². The molecule has 0 spiro atoms. The number of urea groups is 1. The van der Waals surface area contributed by atoms with Gasteiger partial charge < -0.3 is 9.64 Å². The number of carbonyl (C=O) groups excluding carboxylic acids is 2. The molecule has 3 amide bonds. The summed E-state index contributed by atoms with van der Waals surface area (Å²) in [5.41, 5.74) is 0.896. The topological polar surface area (TPSA) is 49.9 Å². The number of nitrogens with zero attached hydrogens (tertiary/aromatic N) is 2. The van der Waals surface area contributed by atoms with Gasteiger partial charge in [0, 0.05) is 18.5 Å². The van der Waals surface area contributed by atoms with Crippen LogP contribution < -0.4 is 4.74 Å². The number of imide groups is 1. The second kappa shape index (κ2) is 5.91. The van der Waals surface area contributed by atoms with Gasteiger partial charge in [-0.25, -0.2) is 4.79 Å². The van der Waals surface area contributed by atoms with Crippen molar-refractivity contribution in [3.05, 3.63) is 28.2 Å². The number of carbonyl (C=O) groups is 2. The Morgan fingerprint density at radius 1 is 1.36 bits per heavy atom. The average Bonchev–Trinajstić information content (AvgIpc) is 2.72. The van der Waals surface area contributed by atoms with Gasteiger partial charge in [-0.05, 0) is 35.3 Å². The summed E-state index contributed by atoms with van der Waals surface area (Å²) in [7, 11) is 0. The van der Waals surface area contributed by atoms with Crippen LogP contribution in [0.1, 0.15) is 38.3 Å². The van der Waals surface area contributed by atoms with Crippen molar-refractivity contribution in [1.29, 1.82) is 0 Å². The van der Waals surface area contributed by atoms with Crippen LogP contribution in [-0.2, 0) is 4.79 Å². The number of fused-ring (bicyclic) bond motifs is 1. The van der Waals surface area contributed by atoms with E-state index in [0.29, 0.717) is 19.6 Å². The van der Waals surface area contributed by atoms with Crippen LogP contribution in [0.4, 0.5) is 4.79 Å². The molecule has 0 saturated carbocycles. The van der Waals surface area contributed by atoms with E-state index in [1.807, 2.05) is 25.1 Å². The molecule has 0 bridgehead atoms. The Bertz CT molecular complexity index is 619. The number of hydrogen-bond donors (Lipinski definition) is 0. The molecule has 1 fully saturated rings. The Morgan fingerprint density at radius 2 is 2.14 bits per heavy atom. The van der Waals surface area contributed by atoms with E-state index < -0.39 is 0 Å². The van der Waals surface area contributed by atoms with Crippen LogP contribution in [0.2, 0.25) is 0 Å². The van der Waals surface area contributed by atoms with Crippen LogP contribution in [0, 0.1) is 0 Å².